The molecule has 4 heterocycles. The van der Waals surface area contributed by atoms with Crippen LogP contribution in [0.5, 0.6) is 0 Å². The second-order valence-corrected chi connectivity index (χ2v) is 9.39. The molecule has 7 nitrogen and oxygen atoms in total. The van der Waals surface area contributed by atoms with Gasteiger partial charge in [-0.3, -0.25) is 0 Å². The van der Waals surface area contributed by atoms with Gasteiger partial charge >= 0.3 is 0 Å². The van der Waals surface area contributed by atoms with Crippen molar-refractivity contribution in [1.82, 2.24) is 15.0 Å². The van der Waals surface area contributed by atoms with Crippen molar-refractivity contribution in [1.29, 1.82) is 0 Å². The second-order valence-electron chi connectivity index (χ2n) is 8.65. The van der Waals surface area contributed by atoms with E-state index in [-0.39, 0.29) is 17.2 Å². The number of aryl methyl sites for hydroxylation is 1. The Kier molecular flexibility index (Phi) is 6.32. The maximum atomic E-state index is 10.1. The molecule has 0 aliphatic carbocycles. The fourth-order valence-electron chi connectivity index (χ4n) is 4.79. The molecule has 0 aromatic carbocycles. The van der Waals surface area contributed by atoms with Crippen LogP contribution in [-0.4, -0.2) is 52.9 Å². The number of pyridine rings is 1. The van der Waals surface area contributed by atoms with Crippen LogP contribution in [0, 0.1) is 18.3 Å². The van der Waals surface area contributed by atoms with Gasteiger partial charge in [0.15, 0.2) is 11.0 Å². The van der Waals surface area contributed by atoms with E-state index in [9.17, 15) is 5.11 Å². The SMILES string of the molecule is CNc1cc(-c2nc(CO)c(N3CCC4(CC3)CO[C@@H](C)[C@H]4C)nc2C)c(Cl)c(Cl)n1. The second kappa shape index (κ2) is 8.70. The van der Waals surface area contributed by atoms with Crippen LogP contribution in [0.15, 0.2) is 6.07 Å². The van der Waals surface area contributed by atoms with E-state index in [4.69, 9.17) is 37.9 Å². The standard InChI is InChI=1S/C22H29Cl2N5O2/c1-12-14(3)31-11-22(12)5-7-29(8-6-22)21-16(10-30)27-19(13(2)26-21)15-9-17(25-4)28-20(24)18(15)23/h9,12,14,30H,5-8,10-11H2,1-4H3,(H,25,28)/t12-,14+/m1/s1. The first-order valence-electron chi connectivity index (χ1n) is 10.7. The van der Waals surface area contributed by atoms with E-state index in [1.54, 1.807) is 13.1 Å². The Morgan fingerprint density at radius 3 is 2.52 bits per heavy atom. The maximum Gasteiger partial charge on any atom is 0.153 e. The monoisotopic (exact) mass is 465 g/mol. The van der Waals surface area contributed by atoms with Gasteiger partial charge in [-0.1, -0.05) is 30.1 Å². The number of anilines is 2. The van der Waals surface area contributed by atoms with Crippen LogP contribution in [0.2, 0.25) is 10.2 Å². The summed E-state index contributed by atoms with van der Waals surface area (Å²) in [5, 5.41) is 13.6. The highest BCUT2D eigenvalue weighted by atomic mass is 35.5. The predicted octanol–water partition coefficient (Wildman–Crippen LogP) is 4.33. The van der Waals surface area contributed by atoms with Gasteiger partial charge in [0.2, 0.25) is 0 Å². The van der Waals surface area contributed by atoms with Crippen molar-refractivity contribution < 1.29 is 9.84 Å². The van der Waals surface area contributed by atoms with E-state index in [2.05, 4.69) is 29.0 Å². The molecule has 31 heavy (non-hydrogen) atoms. The normalized spacial score (nSPS) is 22.9. The Morgan fingerprint density at radius 1 is 1.23 bits per heavy atom. The highest BCUT2D eigenvalue weighted by Gasteiger charge is 2.47. The lowest BCUT2D eigenvalue weighted by Gasteiger charge is -2.42. The van der Waals surface area contributed by atoms with Crippen LogP contribution in [0.3, 0.4) is 0 Å². The summed E-state index contributed by atoms with van der Waals surface area (Å²) in [7, 11) is 1.76. The number of hydrogen-bond donors (Lipinski definition) is 2. The van der Waals surface area contributed by atoms with Crippen molar-refractivity contribution in [2.24, 2.45) is 11.3 Å². The van der Waals surface area contributed by atoms with Crippen molar-refractivity contribution in [3.05, 3.63) is 27.6 Å². The van der Waals surface area contributed by atoms with Crippen molar-refractivity contribution in [2.45, 2.75) is 46.3 Å². The number of rotatable bonds is 4. The Bertz CT molecular complexity index is 979. The van der Waals surface area contributed by atoms with Gasteiger partial charge in [0.25, 0.3) is 0 Å². The average Bonchev–Trinajstić information content (AvgIpc) is 3.04. The molecule has 0 amide bonds. The topological polar surface area (TPSA) is 83.4 Å². The molecule has 2 N–H and O–H groups in total. The molecule has 0 saturated carbocycles. The molecule has 4 rings (SSSR count). The van der Waals surface area contributed by atoms with E-state index in [1.807, 2.05) is 6.92 Å². The van der Waals surface area contributed by atoms with E-state index in [0.29, 0.717) is 39.8 Å². The van der Waals surface area contributed by atoms with E-state index in [1.165, 1.54) is 0 Å². The average molecular weight is 466 g/mol. The molecule has 9 heteroatoms. The first-order chi connectivity index (χ1) is 14.8. The third-order valence-electron chi connectivity index (χ3n) is 7.06. The van der Waals surface area contributed by atoms with Gasteiger partial charge in [-0.25, -0.2) is 15.0 Å². The number of aliphatic hydroxyl groups excluding tert-OH is 1. The van der Waals surface area contributed by atoms with Crippen molar-refractivity contribution in [3.63, 3.8) is 0 Å². The molecule has 2 aliphatic heterocycles. The van der Waals surface area contributed by atoms with Gasteiger partial charge in [-0.2, -0.15) is 0 Å². The molecule has 2 atom stereocenters. The molecule has 2 aliphatic rings. The zero-order valence-electron chi connectivity index (χ0n) is 18.4. The molecule has 0 unspecified atom stereocenters. The largest absolute Gasteiger partial charge is 0.390 e. The minimum absolute atomic E-state index is 0.197. The van der Waals surface area contributed by atoms with E-state index >= 15 is 0 Å². The summed E-state index contributed by atoms with van der Waals surface area (Å²) in [6.07, 6.45) is 2.40. The first kappa shape index (κ1) is 22.5. The number of piperidine rings is 1. The van der Waals surface area contributed by atoms with Crippen LogP contribution < -0.4 is 10.2 Å². The van der Waals surface area contributed by atoms with Gasteiger partial charge in [-0.05, 0) is 38.7 Å². The molecule has 0 bridgehead atoms. The predicted molar refractivity (Wildman–Crippen MR) is 124 cm³/mol. The molecule has 0 radical (unpaired) electrons. The molecule has 1 spiro atoms. The lowest BCUT2D eigenvalue weighted by atomic mass is 9.70. The number of halogens is 2. The highest BCUT2D eigenvalue weighted by molar-refractivity contribution is 6.43. The Morgan fingerprint density at radius 2 is 1.94 bits per heavy atom. The summed E-state index contributed by atoms with van der Waals surface area (Å²) in [5.41, 5.74) is 2.74. The first-order valence-corrected chi connectivity index (χ1v) is 11.4. The minimum Gasteiger partial charge on any atom is -0.390 e. The Labute approximate surface area is 193 Å². The molecular formula is C22H29Cl2N5O2. The minimum atomic E-state index is -0.205. The molecule has 2 fully saturated rings. The van der Waals surface area contributed by atoms with Crippen LogP contribution in [0.1, 0.15) is 38.1 Å². The van der Waals surface area contributed by atoms with Gasteiger partial charge in [0, 0.05) is 31.1 Å². The fourth-order valence-corrected chi connectivity index (χ4v) is 5.17. The van der Waals surface area contributed by atoms with Crippen molar-refractivity contribution >= 4 is 34.8 Å². The van der Waals surface area contributed by atoms with E-state index in [0.717, 1.165) is 44.0 Å². The van der Waals surface area contributed by atoms with Crippen LogP contribution in [0.4, 0.5) is 11.6 Å². The zero-order valence-corrected chi connectivity index (χ0v) is 19.9. The van der Waals surface area contributed by atoms with Crippen LogP contribution in [-0.2, 0) is 11.3 Å². The number of aromatic nitrogens is 3. The molecular weight excluding hydrogens is 437 g/mol. The molecule has 2 aromatic heterocycles. The van der Waals surface area contributed by atoms with Gasteiger partial charge in [0.05, 0.1) is 35.7 Å². The molecule has 2 saturated heterocycles. The quantitative estimate of drug-likeness (QED) is 0.649. The van der Waals surface area contributed by atoms with Gasteiger partial charge in [-0.15, -0.1) is 0 Å². The number of hydrogen-bond acceptors (Lipinski definition) is 7. The number of nitrogens with one attached hydrogen (secondary N) is 1. The summed E-state index contributed by atoms with van der Waals surface area (Å²) < 4.78 is 5.95. The Hall–Kier alpha value is -1.67. The molecule has 168 valence electrons. The maximum absolute atomic E-state index is 10.1. The summed E-state index contributed by atoms with van der Waals surface area (Å²) in [6.45, 7) is 8.72. The number of aliphatic hydroxyl groups is 1. The lowest BCUT2D eigenvalue weighted by Crippen LogP contribution is -2.44. The number of ether oxygens (including phenoxy) is 1. The van der Waals surface area contributed by atoms with Crippen molar-refractivity contribution in [3.8, 4) is 11.3 Å². The third-order valence-corrected chi connectivity index (χ3v) is 7.81. The molecule has 2 aromatic rings. The fraction of sp³-hybridized carbons (Fsp3) is 0.591. The highest BCUT2D eigenvalue weighted by Crippen LogP contribution is 2.47. The Balaban J connectivity index is 1.65. The summed E-state index contributed by atoms with van der Waals surface area (Å²) in [4.78, 5) is 16.0. The van der Waals surface area contributed by atoms with Crippen LogP contribution >= 0.6 is 23.2 Å². The zero-order chi connectivity index (χ0) is 22.3. The third kappa shape index (κ3) is 3.97. The number of nitrogens with zero attached hydrogens (tertiary/aromatic N) is 4. The lowest BCUT2D eigenvalue weighted by molar-refractivity contribution is 0.0969. The van der Waals surface area contributed by atoms with Crippen molar-refractivity contribution in [2.75, 3.05) is 37.0 Å². The van der Waals surface area contributed by atoms with Crippen LogP contribution in [0.25, 0.3) is 11.3 Å². The van der Waals surface area contributed by atoms with E-state index < -0.39 is 0 Å². The summed E-state index contributed by atoms with van der Waals surface area (Å²) in [5.74, 6) is 1.87. The van der Waals surface area contributed by atoms with Gasteiger partial charge in [0.1, 0.15) is 11.5 Å². The summed E-state index contributed by atoms with van der Waals surface area (Å²) >= 11 is 12.6. The smallest absolute Gasteiger partial charge is 0.153 e. The van der Waals surface area contributed by atoms with Gasteiger partial charge < -0.3 is 20.1 Å². The summed E-state index contributed by atoms with van der Waals surface area (Å²) in [6, 6.07) is 1.79.